The van der Waals surface area contributed by atoms with Crippen LogP contribution in [-0.2, 0) is 7.05 Å². The van der Waals surface area contributed by atoms with E-state index in [0.717, 1.165) is 12.2 Å². The molecule has 0 aromatic carbocycles. The van der Waals surface area contributed by atoms with Crippen LogP contribution in [0.4, 0.5) is 5.69 Å². The average molecular weight is 371 g/mol. The Morgan fingerprint density at radius 2 is 1.95 bits per heavy atom. The Hall–Kier alpha value is -0.880. The summed E-state index contributed by atoms with van der Waals surface area (Å²) in [6.45, 7) is 7.79. The minimum atomic E-state index is -0.106. The topological polar surface area (TPSA) is 50.2 Å². The number of rotatable bonds is 7. The molecule has 1 saturated heterocycles. The highest BCUT2D eigenvalue weighted by molar-refractivity contribution is 9.10. The average Bonchev–Trinajstić information content (AvgIpc) is 3.05. The van der Waals surface area contributed by atoms with Crippen LogP contribution in [0.25, 0.3) is 0 Å². The molecule has 0 radical (unpaired) electrons. The molecule has 1 N–H and O–H groups in total. The molecule has 0 bridgehead atoms. The standard InChI is InChI=1S/C16H27BrN4O/c1-4-12(5-2)14(21-8-6-7-9-21)11-18-13-10-19-20(3)16(22)15(13)17/h10,12,14,18H,4-9,11H2,1-3H3. The predicted molar refractivity (Wildman–Crippen MR) is 94.3 cm³/mol. The second-order valence-electron chi connectivity index (χ2n) is 6.07. The molecule has 2 heterocycles. The van der Waals surface area contributed by atoms with Crippen molar-refractivity contribution >= 4 is 21.6 Å². The van der Waals surface area contributed by atoms with Gasteiger partial charge in [-0.3, -0.25) is 9.69 Å². The quantitative estimate of drug-likeness (QED) is 0.801. The fourth-order valence-electron chi connectivity index (χ4n) is 3.35. The van der Waals surface area contributed by atoms with Gasteiger partial charge >= 0.3 is 0 Å². The lowest BCUT2D eigenvalue weighted by Gasteiger charge is -2.34. The van der Waals surface area contributed by atoms with Crippen molar-refractivity contribution in [2.75, 3.05) is 25.0 Å². The van der Waals surface area contributed by atoms with Crippen molar-refractivity contribution in [1.29, 1.82) is 0 Å². The van der Waals surface area contributed by atoms with Gasteiger partial charge in [0.1, 0.15) is 4.47 Å². The van der Waals surface area contributed by atoms with Crippen LogP contribution in [-0.4, -0.2) is 40.4 Å². The highest BCUT2D eigenvalue weighted by Gasteiger charge is 2.27. The normalized spacial score (nSPS) is 17.1. The summed E-state index contributed by atoms with van der Waals surface area (Å²) in [4.78, 5) is 14.5. The molecule has 0 amide bonds. The number of likely N-dealkylation sites (tertiary alicyclic amines) is 1. The van der Waals surface area contributed by atoms with E-state index in [1.807, 2.05) is 0 Å². The van der Waals surface area contributed by atoms with Gasteiger partial charge in [0, 0.05) is 19.6 Å². The molecule has 1 aliphatic rings. The van der Waals surface area contributed by atoms with Gasteiger partial charge in [-0.1, -0.05) is 26.7 Å². The molecule has 124 valence electrons. The number of nitrogens with one attached hydrogen (secondary N) is 1. The highest BCUT2D eigenvalue weighted by atomic mass is 79.9. The number of aryl methyl sites for hydroxylation is 1. The van der Waals surface area contributed by atoms with Crippen LogP contribution in [0.1, 0.15) is 39.5 Å². The van der Waals surface area contributed by atoms with Crippen LogP contribution in [0.2, 0.25) is 0 Å². The summed E-state index contributed by atoms with van der Waals surface area (Å²) in [7, 11) is 1.66. The molecule has 0 saturated carbocycles. The smallest absolute Gasteiger partial charge is 0.282 e. The molecule has 1 fully saturated rings. The predicted octanol–water partition coefficient (Wildman–Crippen LogP) is 2.86. The minimum absolute atomic E-state index is 0.106. The van der Waals surface area contributed by atoms with E-state index in [4.69, 9.17) is 0 Å². The van der Waals surface area contributed by atoms with Crippen molar-refractivity contribution in [2.45, 2.75) is 45.6 Å². The van der Waals surface area contributed by atoms with Gasteiger partial charge in [0.25, 0.3) is 5.56 Å². The highest BCUT2D eigenvalue weighted by Crippen LogP contribution is 2.24. The van der Waals surface area contributed by atoms with Gasteiger partial charge in [-0.15, -0.1) is 0 Å². The lowest BCUT2D eigenvalue weighted by atomic mass is 9.93. The summed E-state index contributed by atoms with van der Waals surface area (Å²) in [5, 5.41) is 7.54. The summed E-state index contributed by atoms with van der Waals surface area (Å²) in [6.07, 6.45) is 6.70. The van der Waals surface area contributed by atoms with Crippen LogP contribution in [0, 0.1) is 5.92 Å². The molecule has 5 nitrogen and oxygen atoms in total. The summed E-state index contributed by atoms with van der Waals surface area (Å²) < 4.78 is 1.91. The lowest BCUT2D eigenvalue weighted by Crippen LogP contribution is -2.43. The van der Waals surface area contributed by atoms with Gasteiger partial charge in [-0.2, -0.15) is 5.10 Å². The number of nitrogens with zero attached hydrogens (tertiary/aromatic N) is 3. The Morgan fingerprint density at radius 1 is 1.32 bits per heavy atom. The monoisotopic (exact) mass is 370 g/mol. The Balaban J connectivity index is 2.10. The molecular formula is C16H27BrN4O. The first-order valence-corrected chi connectivity index (χ1v) is 9.07. The number of halogens is 1. The molecule has 1 atom stereocenters. The first-order chi connectivity index (χ1) is 10.6. The van der Waals surface area contributed by atoms with Crippen molar-refractivity contribution in [3.05, 3.63) is 21.0 Å². The van der Waals surface area contributed by atoms with Gasteiger partial charge in [0.15, 0.2) is 0 Å². The summed E-state index contributed by atoms with van der Waals surface area (Å²) in [6, 6.07) is 0.522. The number of aromatic nitrogens is 2. The zero-order chi connectivity index (χ0) is 16.1. The zero-order valence-electron chi connectivity index (χ0n) is 13.8. The van der Waals surface area contributed by atoms with Crippen molar-refractivity contribution in [3.8, 4) is 0 Å². The Kier molecular flexibility index (Phi) is 6.44. The lowest BCUT2D eigenvalue weighted by molar-refractivity contribution is 0.175. The first kappa shape index (κ1) is 17.5. The molecule has 2 rings (SSSR count). The van der Waals surface area contributed by atoms with E-state index in [2.05, 4.69) is 45.1 Å². The van der Waals surface area contributed by atoms with Gasteiger partial charge in [0.2, 0.25) is 0 Å². The second-order valence-corrected chi connectivity index (χ2v) is 6.86. The molecular weight excluding hydrogens is 344 g/mol. The number of hydrogen-bond donors (Lipinski definition) is 1. The molecule has 1 aliphatic heterocycles. The Labute approximate surface area is 141 Å². The van der Waals surface area contributed by atoms with Gasteiger partial charge in [0.05, 0.1) is 11.9 Å². The number of hydrogen-bond acceptors (Lipinski definition) is 4. The molecule has 0 aliphatic carbocycles. The van der Waals surface area contributed by atoms with E-state index >= 15 is 0 Å². The van der Waals surface area contributed by atoms with Crippen LogP contribution in [0.3, 0.4) is 0 Å². The van der Waals surface area contributed by atoms with E-state index in [0.29, 0.717) is 16.4 Å². The fraction of sp³-hybridized carbons (Fsp3) is 0.750. The fourth-order valence-corrected chi connectivity index (χ4v) is 3.85. The Bertz CT molecular complexity index is 533. The third kappa shape index (κ3) is 3.90. The summed E-state index contributed by atoms with van der Waals surface area (Å²) in [5.74, 6) is 0.684. The third-order valence-corrected chi connectivity index (χ3v) is 5.55. The van der Waals surface area contributed by atoms with E-state index in [9.17, 15) is 4.79 Å². The van der Waals surface area contributed by atoms with Crippen molar-refractivity contribution in [3.63, 3.8) is 0 Å². The molecule has 1 unspecified atom stereocenters. The largest absolute Gasteiger partial charge is 0.381 e. The van der Waals surface area contributed by atoms with Crippen LogP contribution in [0.5, 0.6) is 0 Å². The second kappa shape index (κ2) is 8.11. The van der Waals surface area contributed by atoms with E-state index in [1.165, 1.54) is 43.5 Å². The Morgan fingerprint density at radius 3 is 2.55 bits per heavy atom. The van der Waals surface area contributed by atoms with Gasteiger partial charge in [-0.25, -0.2) is 4.68 Å². The minimum Gasteiger partial charge on any atom is -0.381 e. The third-order valence-electron chi connectivity index (χ3n) is 4.78. The zero-order valence-corrected chi connectivity index (χ0v) is 15.4. The van der Waals surface area contributed by atoms with Crippen LogP contribution in [0.15, 0.2) is 15.5 Å². The first-order valence-electron chi connectivity index (χ1n) is 8.28. The molecule has 1 aromatic heterocycles. The van der Waals surface area contributed by atoms with Crippen molar-refractivity contribution < 1.29 is 0 Å². The van der Waals surface area contributed by atoms with Crippen LogP contribution >= 0.6 is 15.9 Å². The molecule has 1 aromatic rings. The van der Waals surface area contributed by atoms with E-state index in [1.54, 1.807) is 13.2 Å². The maximum absolute atomic E-state index is 11.9. The van der Waals surface area contributed by atoms with Crippen molar-refractivity contribution in [1.82, 2.24) is 14.7 Å². The molecule has 6 heteroatoms. The maximum atomic E-state index is 11.9. The van der Waals surface area contributed by atoms with Gasteiger partial charge < -0.3 is 5.32 Å². The number of anilines is 1. The molecule has 0 spiro atoms. The van der Waals surface area contributed by atoms with Crippen molar-refractivity contribution in [2.24, 2.45) is 13.0 Å². The van der Waals surface area contributed by atoms with E-state index < -0.39 is 0 Å². The summed E-state index contributed by atoms with van der Waals surface area (Å²) in [5.41, 5.74) is 0.684. The van der Waals surface area contributed by atoms with Crippen LogP contribution < -0.4 is 10.9 Å². The summed E-state index contributed by atoms with van der Waals surface area (Å²) >= 11 is 3.39. The maximum Gasteiger partial charge on any atom is 0.282 e. The molecule has 22 heavy (non-hydrogen) atoms. The van der Waals surface area contributed by atoms with E-state index in [-0.39, 0.29) is 5.56 Å². The van der Waals surface area contributed by atoms with Gasteiger partial charge in [-0.05, 0) is 47.8 Å². The SMILES string of the molecule is CCC(CC)C(CNc1cnn(C)c(=O)c1Br)N1CCCC1.